The molecule has 2 aromatic heterocycles. The minimum Gasteiger partial charge on any atom is -0.481 e. The summed E-state index contributed by atoms with van der Waals surface area (Å²) in [4.78, 5) is 21.6. The number of anilines is 1. The van der Waals surface area contributed by atoms with Crippen molar-refractivity contribution in [2.24, 2.45) is 5.73 Å². The number of hydrogen-bond donors (Lipinski definition) is 2. The molecule has 21 heavy (non-hydrogen) atoms. The highest BCUT2D eigenvalue weighted by Gasteiger charge is 2.11. The smallest absolute Gasteiger partial charge is 0.268 e. The van der Waals surface area contributed by atoms with Crippen molar-refractivity contribution in [3.63, 3.8) is 0 Å². The molecule has 0 aliphatic heterocycles. The largest absolute Gasteiger partial charge is 0.481 e. The minimum absolute atomic E-state index is 0.208. The fraction of sp³-hybridized carbons (Fsp3) is 0.214. The van der Waals surface area contributed by atoms with Crippen LogP contribution in [-0.2, 0) is 0 Å². The van der Waals surface area contributed by atoms with Crippen LogP contribution in [0.15, 0.2) is 18.2 Å². The van der Waals surface area contributed by atoms with Crippen LogP contribution in [-0.4, -0.2) is 29.5 Å². The van der Waals surface area contributed by atoms with Crippen molar-refractivity contribution in [1.82, 2.24) is 9.97 Å². The van der Waals surface area contributed by atoms with Gasteiger partial charge in [-0.1, -0.05) is 11.8 Å². The van der Waals surface area contributed by atoms with Gasteiger partial charge in [0.05, 0.1) is 23.4 Å². The normalized spacial score (nSPS) is 9.67. The quantitative estimate of drug-likeness (QED) is 0.837. The molecule has 0 aliphatic rings. The predicted octanol–water partition coefficient (Wildman–Crippen LogP) is 1.42. The minimum atomic E-state index is -0.284. The monoisotopic (exact) mass is 302 g/mol. The van der Waals surface area contributed by atoms with Gasteiger partial charge in [0.2, 0.25) is 11.8 Å². The first-order chi connectivity index (χ1) is 10.1. The molecule has 0 aliphatic carbocycles. The Morgan fingerprint density at radius 2 is 2.29 bits per heavy atom. The van der Waals surface area contributed by atoms with Gasteiger partial charge in [0, 0.05) is 11.8 Å². The van der Waals surface area contributed by atoms with Crippen molar-refractivity contribution in [2.75, 3.05) is 19.0 Å². The molecule has 108 valence electrons. The number of carbonyl (C=O) groups is 1. The number of carbonyl (C=O) groups excluding carboxylic acids is 1. The topological polar surface area (TPSA) is 90.1 Å². The average molecular weight is 302 g/mol. The molecule has 0 unspecified atom stereocenters. The zero-order valence-electron chi connectivity index (χ0n) is 11.6. The maximum atomic E-state index is 12.1. The summed E-state index contributed by atoms with van der Waals surface area (Å²) < 4.78 is 5.04. The van der Waals surface area contributed by atoms with E-state index in [2.05, 4.69) is 27.1 Å². The third-order valence-electron chi connectivity index (χ3n) is 2.41. The third-order valence-corrected chi connectivity index (χ3v) is 3.41. The molecule has 0 bridgehead atoms. The Kier molecular flexibility index (Phi) is 4.87. The Morgan fingerprint density at radius 3 is 3.00 bits per heavy atom. The van der Waals surface area contributed by atoms with E-state index < -0.39 is 0 Å². The summed E-state index contributed by atoms with van der Waals surface area (Å²) >= 11 is 1.29. The number of ether oxygens (including phenoxy) is 1. The molecular weight excluding hydrogens is 288 g/mol. The zero-order chi connectivity index (χ0) is 15.2. The van der Waals surface area contributed by atoms with Crippen LogP contribution in [0, 0.1) is 18.8 Å². The number of amides is 1. The van der Waals surface area contributed by atoms with Gasteiger partial charge in [0.1, 0.15) is 0 Å². The fourth-order valence-electron chi connectivity index (χ4n) is 1.53. The molecule has 6 nitrogen and oxygen atoms in total. The number of rotatable bonds is 3. The van der Waals surface area contributed by atoms with E-state index >= 15 is 0 Å². The maximum Gasteiger partial charge on any atom is 0.268 e. The zero-order valence-corrected chi connectivity index (χ0v) is 12.5. The molecule has 0 fully saturated rings. The summed E-state index contributed by atoms with van der Waals surface area (Å²) in [7, 11) is 1.51. The number of nitrogens with two attached hydrogens (primary N) is 1. The van der Waals surface area contributed by atoms with E-state index in [0.717, 1.165) is 4.88 Å². The van der Waals surface area contributed by atoms with E-state index in [1.54, 1.807) is 25.1 Å². The first-order valence-corrected chi connectivity index (χ1v) is 6.94. The Bertz CT molecular complexity index is 715. The van der Waals surface area contributed by atoms with Gasteiger partial charge in [-0.2, -0.15) is 4.98 Å². The van der Waals surface area contributed by atoms with Crippen LogP contribution >= 0.6 is 11.3 Å². The van der Waals surface area contributed by atoms with Gasteiger partial charge in [0.25, 0.3) is 5.91 Å². The third kappa shape index (κ3) is 4.02. The van der Waals surface area contributed by atoms with Crippen LogP contribution in [0.4, 0.5) is 5.95 Å². The van der Waals surface area contributed by atoms with Gasteiger partial charge in [-0.25, -0.2) is 4.98 Å². The highest BCUT2D eigenvalue weighted by molar-refractivity contribution is 7.14. The highest BCUT2D eigenvalue weighted by atomic mass is 32.1. The van der Waals surface area contributed by atoms with Crippen LogP contribution in [0.25, 0.3) is 0 Å². The van der Waals surface area contributed by atoms with E-state index in [-0.39, 0.29) is 18.4 Å². The van der Waals surface area contributed by atoms with Crippen molar-refractivity contribution in [1.29, 1.82) is 0 Å². The number of methoxy groups -OCH3 is 1. The predicted molar refractivity (Wildman–Crippen MR) is 81.5 cm³/mol. The summed E-state index contributed by atoms with van der Waals surface area (Å²) in [6.07, 6.45) is 0. The van der Waals surface area contributed by atoms with Crippen molar-refractivity contribution >= 4 is 23.2 Å². The summed E-state index contributed by atoms with van der Waals surface area (Å²) in [5, 5.41) is 2.64. The van der Waals surface area contributed by atoms with E-state index in [4.69, 9.17) is 10.5 Å². The first kappa shape index (κ1) is 15.0. The molecule has 2 heterocycles. The molecule has 0 radical (unpaired) electrons. The fourth-order valence-corrected chi connectivity index (χ4v) is 2.30. The maximum absolute atomic E-state index is 12.1. The lowest BCUT2D eigenvalue weighted by molar-refractivity contribution is 0.102. The Hall–Kier alpha value is -2.43. The van der Waals surface area contributed by atoms with Gasteiger partial charge in [-0.05, 0) is 19.1 Å². The molecule has 3 N–H and O–H groups in total. The number of aryl methyl sites for hydroxylation is 1. The van der Waals surface area contributed by atoms with E-state index in [1.165, 1.54) is 18.4 Å². The van der Waals surface area contributed by atoms with Crippen LogP contribution in [0.3, 0.4) is 0 Å². The molecule has 0 aromatic carbocycles. The molecule has 1 amide bonds. The standard InChI is InChI=1S/C14H14N4O2S/c1-9-8-12(20-2)17-14(16-9)18-13(19)11-6-5-10(21-11)4-3-7-15/h5-6,8H,7,15H2,1-2H3,(H,16,17,18,19). The Morgan fingerprint density at radius 1 is 1.48 bits per heavy atom. The van der Waals surface area contributed by atoms with Crippen molar-refractivity contribution in [3.8, 4) is 17.7 Å². The number of hydrogen-bond acceptors (Lipinski definition) is 6. The molecule has 2 aromatic rings. The lowest BCUT2D eigenvalue weighted by atomic mass is 10.4. The van der Waals surface area contributed by atoms with Crippen LogP contribution in [0.2, 0.25) is 0 Å². The second kappa shape index (κ2) is 6.83. The number of nitrogens with zero attached hydrogens (tertiary/aromatic N) is 2. The summed E-state index contributed by atoms with van der Waals surface area (Å²) in [5.41, 5.74) is 6.02. The Labute approximate surface area is 126 Å². The molecule has 2 rings (SSSR count). The van der Waals surface area contributed by atoms with Crippen LogP contribution in [0.1, 0.15) is 20.2 Å². The number of aromatic nitrogens is 2. The van der Waals surface area contributed by atoms with Gasteiger partial charge in [0.15, 0.2) is 0 Å². The van der Waals surface area contributed by atoms with Crippen molar-refractivity contribution < 1.29 is 9.53 Å². The van der Waals surface area contributed by atoms with Crippen molar-refractivity contribution in [3.05, 3.63) is 33.6 Å². The SMILES string of the molecule is COc1cc(C)nc(NC(=O)c2ccc(C#CCN)s2)n1. The van der Waals surface area contributed by atoms with Crippen LogP contribution < -0.4 is 15.8 Å². The summed E-state index contributed by atoms with van der Waals surface area (Å²) in [6, 6.07) is 5.16. The number of nitrogens with one attached hydrogen (secondary N) is 1. The number of thiophene rings is 1. The highest BCUT2D eigenvalue weighted by Crippen LogP contribution is 2.17. The molecule has 0 atom stereocenters. The first-order valence-electron chi connectivity index (χ1n) is 6.12. The Balaban J connectivity index is 2.14. The van der Waals surface area contributed by atoms with Gasteiger partial charge < -0.3 is 10.5 Å². The summed E-state index contributed by atoms with van der Waals surface area (Å²) in [6.45, 7) is 2.09. The molecular formula is C14H14N4O2S. The molecule has 0 saturated carbocycles. The van der Waals surface area contributed by atoms with Gasteiger partial charge in [-0.3, -0.25) is 10.1 Å². The second-order valence-corrected chi connectivity index (χ2v) is 5.08. The summed E-state index contributed by atoms with van der Waals surface area (Å²) in [5.74, 6) is 5.95. The second-order valence-electron chi connectivity index (χ2n) is 4.00. The lowest BCUT2D eigenvalue weighted by Gasteiger charge is -2.05. The van der Waals surface area contributed by atoms with E-state index in [0.29, 0.717) is 16.5 Å². The molecule has 7 heteroatoms. The van der Waals surface area contributed by atoms with Crippen molar-refractivity contribution in [2.45, 2.75) is 6.92 Å². The van der Waals surface area contributed by atoms with E-state index in [9.17, 15) is 4.79 Å². The molecule has 0 saturated heterocycles. The van der Waals surface area contributed by atoms with Gasteiger partial charge >= 0.3 is 0 Å². The van der Waals surface area contributed by atoms with E-state index in [1.807, 2.05) is 0 Å². The van der Waals surface area contributed by atoms with Gasteiger partial charge in [-0.15, -0.1) is 11.3 Å². The average Bonchev–Trinajstić information content (AvgIpc) is 2.93. The lowest BCUT2D eigenvalue weighted by Crippen LogP contribution is -2.13. The van der Waals surface area contributed by atoms with Crippen LogP contribution in [0.5, 0.6) is 5.88 Å². The molecule has 0 spiro atoms.